The molecule has 0 atom stereocenters. The van der Waals surface area contributed by atoms with E-state index in [-0.39, 0.29) is 22.7 Å². The number of anilines is 2. The van der Waals surface area contributed by atoms with Crippen molar-refractivity contribution in [1.29, 1.82) is 0 Å². The quantitative estimate of drug-likeness (QED) is 0.103. The maximum absolute atomic E-state index is 13.9. The van der Waals surface area contributed by atoms with E-state index in [1.165, 1.54) is 36.4 Å². The van der Waals surface area contributed by atoms with Crippen LogP contribution < -0.4 is 10.2 Å². The Morgan fingerprint density at radius 2 is 1.02 bits per heavy atom. The molecule has 0 spiro atoms. The maximum Gasteiger partial charge on any atom is 0.335 e. The van der Waals surface area contributed by atoms with Gasteiger partial charge in [-0.25, -0.2) is 14.5 Å². The van der Waals surface area contributed by atoms with Gasteiger partial charge in [0.25, 0.3) is 17.7 Å². The first-order valence-corrected chi connectivity index (χ1v) is 14.7. The maximum atomic E-state index is 13.9. The molecule has 0 radical (unpaired) electrons. The number of fused-ring (bicyclic) bond motifs is 2. The summed E-state index contributed by atoms with van der Waals surface area (Å²) in [7, 11) is 0. The first kappa shape index (κ1) is 27.9. The molecule has 8 rings (SSSR count). The minimum Gasteiger partial charge on any atom is -0.478 e. The van der Waals surface area contributed by atoms with Crippen LogP contribution in [0.1, 0.15) is 57.4 Å². The standard InChI is InChI=1S/C38H22N2O7/c1-18-2-11-23-25-13-16-28-33-29(36(43)40(35(28)42)22-9-5-20(6-10-22)38(46)47)17-14-26(32(25)33)24-12-15-27(30(18)31(23)24)34(41)39-21-7-3-19(4-8-21)37(44)45/h2-17H,1H3,(H,39,41)(H,44,45)(H,46,47). The van der Waals surface area contributed by atoms with Crippen LogP contribution in [0.4, 0.5) is 11.4 Å². The number of nitrogens with one attached hydrogen (secondary N) is 1. The van der Waals surface area contributed by atoms with Gasteiger partial charge in [-0.1, -0.05) is 30.3 Å². The highest BCUT2D eigenvalue weighted by molar-refractivity contribution is 6.42. The fourth-order valence-electron chi connectivity index (χ4n) is 6.82. The molecule has 1 aliphatic rings. The third-order valence-electron chi connectivity index (χ3n) is 8.98. The lowest BCUT2D eigenvalue weighted by atomic mass is 9.83. The summed E-state index contributed by atoms with van der Waals surface area (Å²) in [6, 6.07) is 26.3. The summed E-state index contributed by atoms with van der Waals surface area (Å²) in [6.45, 7) is 1.94. The molecule has 3 N–H and O–H groups in total. The van der Waals surface area contributed by atoms with Crippen LogP contribution in [0.3, 0.4) is 0 Å². The average molecular weight is 619 g/mol. The van der Waals surface area contributed by atoms with Crippen molar-refractivity contribution in [1.82, 2.24) is 0 Å². The molecule has 0 fully saturated rings. The molecule has 7 aromatic carbocycles. The van der Waals surface area contributed by atoms with Crippen molar-refractivity contribution in [3.8, 4) is 0 Å². The zero-order chi connectivity index (χ0) is 32.7. The van der Waals surface area contributed by atoms with Crippen LogP contribution in [-0.4, -0.2) is 39.9 Å². The fraction of sp³-hybridized carbons (Fsp3) is 0.0263. The molecule has 0 unspecified atom stereocenters. The second-order valence-electron chi connectivity index (χ2n) is 11.5. The Bertz CT molecular complexity index is 2480. The van der Waals surface area contributed by atoms with Crippen molar-refractivity contribution in [2.75, 3.05) is 10.2 Å². The van der Waals surface area contributed by atoms with Gasteiger partial charge in [0.2, 0.25) is 0 Å². The molecule has 1 heterocycles. The van der Waals surface area contributed by atoms with Gasteiger partial charge in [0.15, 0.2) is 0 Å². The minimum atomic E-state index is -1.11. The van der Waals surface area contributed by atoms with E-state index in [2.05, 4.69) is 5.32 Å². The number of benzene rings is 7. The number of amides is 3. The smallest absolute Gasteiger partial charge is 0.335 e. The van der Waals surface area contributed by atoms with Crippen molar-refractivity contribution in [2.24, 2.45) is 0 Å². The minimum absolute atomic E-state index is 0.0442. The summed E-state index contributed by atoms with van der Waals surface area (Å²) in [5, 5.41) is 27.7. The largest absolute Gasteiger partial charge is 0.478 e. The Hall–Kier alpha value is -6.61. The molecule has 0 bridgehead atoms. The number of hydrogen-bond acceptors (Lipinski definition) is 5. The summed E-state index contributed by atoms with van der Waals surface area (Å²) in [5.74, 6) is -3.51. The van der Waals surface area contributed by atoms with E-state index in [1.54, 1.807) is 30.3 Å². The highest BCUT2D eigenvalue weighted by Crippen LogP contribution is 2.45. The Morgan fingerprint density at radius 3 is 1.55 bits per heavy atom. The predicted octanol–water partition coefficient (Wildman–Crippen LogP) is 7.49. The highest BCUT2D eigenvalue weighted by atomic mass is 16.4. The lowest BCUT2D eigenvalue weighted by Gasteiger charge is -2.28. The van der Waals surface area contributed by atoms with Crippen LogP contribution in [0.25, 0.3) is 43.1 Å². The first-order chi connectivity index (χ1) is 22.6. The number of hydrogen-bond donors (Lipinski definition) is 3. The van der Waals surface area contributed by atoms with Gasteiger partial charge in [-0.05, 0) is 117 Å². The molecule has 7 aromatic rings. The summed E-state index contributed by atoms with van der Waals surface area (Å²) in [4.78, 5) is 65.1. The zero-order valence-corrected chi connectivity index (χ0v) is 24.6. The van der Waals surface area contributed by atoms with Gasteiger partial charge in [0, 0.05) is 27.8 Å². The second kappa shape index (κ2) is 9.95. The van der Waals surface area contributed by atoms with Crippen LogP contribution in [-0.2, 0) is 0 Å². The lowest BCUT2D eigenvalue weighted by Crippen LogP contribution is -2.40. The summed E-state index contributed by atoms with van der Waals surface area (Å²) in [6.07, 6.45) is 0. The highest BCUT2D eigenvalue weighted by Gasteiger charge is 2.35. The normalized spacial score (nSPS) is 12.8. The molecule has 0 saturated heterocycles. The monoisotopic (exact) mass is 618 g/mol. The number of carbonyl (C=O) groups is 5. The molecular weight excluding hydrogens is 596 g/mol. The molecule has 9 heteroatoms. The van der Waals surface area contributed by atoms with Crippen molar-refractivity contribution in [3.63, 3.8) is 0 Å². The van der Waals surface area contributed by atoms with E-state index >= 15 is 0 Å². The predicted molar refractivity (Wildman–Crippen MR) is 178 cm³/mol. The number of imide groups is 1. The number of carboxylic acids is 2. The van der Waals surface area contributed by atoms with Crippen molar-refractivity contribution in [2.45, 2.75) is 6.92 Å². The third kappa shape index (κ3) is 4.00. The number of nitrogens with zero attached hydrogens (tertiary/aromatic N) is 1. The Morgan fingerprint density at radius 1 is 0.553 bits per heavy atom. The Kier molecular flexibility index (Phi) is 5.91. The molecule has 0 saturated carbocycles. The van der Waals surface area contributed by atoms with E-state index in [4.69, 9.17) is 0 Å². The van der Waals surface area contributed by atoms with Crippen molar-refractivity contribution in [3.05, 3.63) is 130 Å². The summed E-state index contributed by atoms with van der Waals surface area (Å²) >= 11 is 0. The Balaban J connectivity index is 1.30. The summed E-state index contributed by atoms with van der Waals surface area (Å²) < 4.78 is 0. The molecule has 1 aliphatic heterocycles. The molecular formula is C38H22N2O7. The van der Waals surface area contributed by atoms with Gasteiger partial charge in [-0.15, -0.1) is 0 Å². The zero-order valence-electron chi connectivity index (χ0n) is 24.6. The average Bonchev–Trinajstić information content (AvgIpc) is 3.07. The third-order valence-corrected chi connectivity index (χ3v) is 8.98. The van der Waals surface area contributed by atoms with Gasteiger partial charge < -0.3 is 15.5 Å². The topological polar surface area (TPSA) is 141 Å². The van der Waals surface area contributed by atoms with Crippen LogP contribution in [0.5, 0.6) is 0 Å². The molecule has 47 heavy (non-hydrogen) atoms. The van der Waals surface area contributed by atoms with E-state index < -0.39 is 23.8 Å². The van der Waals surface area contributed by atoms with E-state index in [0.717, 1.165) is 48.2 Å². The lowest BCUT2D eigenvalue weighted by molar-refractivity contribution is 0.0686. The van der Waals surface area contributed by atoms with Gasteiger partial charge in [-0.2, -0.15) is 0 Å². The number of carbonyl (C=O) groups excluding carboxylic acids is 3. The molecule has 9 nitrogen and oxygen atoms in total. The number of carboxylic acid groups (broad SMARTS) is 2. The van der Waals surface area contributed by atoms with Gasteiger partial charge in [0.1, 0.15) is 0 Å². The van der Waals surface area contributed by atoms with Gasteiger partial charge in [-0.3, -0.25) is 14.4 Å². The van der Waals surface area contributed by atoms with Crippen molar-refractivity contribution < 1.29 is 34.2 Å². The summed E-state index contributed by atoms with van der Waals surface area (Å²) in [5.41, 5.74) is 2.96. The van der Waals surface area contributed by atoms with Crippen LogP contribution in [0, 0.1) is 6.92 Å². The number of rotatable bonds is 5. The Labute approximate surface area is 265 Å². The SMILES string of the molecule is Cc1ccc2c3ccc4c5c(ccc(c6ccc(C(=O)Nc7ccc(C(=O)O)cc7)c1c26)c53)C(=O)N(c1ccc(C(=O)O)cc1)C4=O. The number of aromatic carboxylic acids is 2. The molecule has 226 valence electrons. The molecule has 0 aliphatic carbocycles. The van der Waals surface area contributed by atoms with Gasteiger partial charge in [0.05, 0.1) is 16.8 Å². The number of aryl methyl sites for hydroxylation is 1. The van der Waals surface area contributed by atoms with E-state index in [1.807, 2.05) is 37.3 Å². The van der Waals surface area contributed by atoms with E-state index in [9.17, 15) is 34.2 Å². The van der Waals surface area contributed by atoms with Crippen LogP contribution in [0.2, 0.25) is 0 Å². The first-order valence-electron chi connectivity index (χ1n) is 14.7. The van der Waals surface area contributed by atoms with E-state index in [0.29, 0.717) is 27.8 Å². The molecule has 0 aromatic heterocycles. The van der Waals surface area contributed by atoms with Crippen LogP contribution >= 0.6 is 0 Å². The second-order valence-corrected chi connectivity index (χ2v) is 11.5. The molecule has 3 amide bonds. The van der Waals surface area contributed by atoms with Crippen LogP contribution in [0.15, 0.2) is 97.1 Å². The van der Waals surface area contributed by atoms with Gasteiger partial charge >= 0.3 is 11.9 Å². The van der Waals surface area contributed by atoms with Crippen molar-refractivity contribution >= 4 is 84.1 Å². The fourth-order valence-corrected chi connectivity index (χ4v) is 6.82.